The lowest BCUT2D eigenvalue weighted by atomic mass is 9.74. The Kier molecular flexibility index (Phi) is 4.50. The first kappa shape index (κ1) is 16.2. The average molecular weight is 341 g/mol. The van der Waals surface area contributed by atoms with Crippen LogP contribution < -0.4 is 5.32 Å². The first-order chi connectivity index (χ1) is 12.3. The Hall–Kier alpha value is -2.25. The minimum absolute atomic E-state index is 0.0871. The molecule has 1 amide bonds. The molecule has 1 aliphatic carbocycles. The van der Waals surface area contributed by atoms with Gasteiger partial charge in [-0.2, -0.15) is 5.10 Å². The maximum atomic E-state index is 12.9. The van der Waals surface area contributed by atoms with Crippen LogP contribution >= 0.6 is 0 Å². The van der Waals surface area contributed by atoms with Gasteiger partial charge in [0.1, 0.15) is 5.54 Å². The van der Waals surface area contributed by atoms with Crippen LogP contribution in [0.1, 0.15) is 24.8 Å². The second kappa shape index (κ2) is 6.93. The molecule has 0 unspecified atom stereocenters. The lowest BCUT2D eigenvalue weighted by Crippen LogP contribution is -2.63. The second-order valence-electron chi connectivity index (χ2n) is 6.72. The van der Waals surface area contributed by atoms with Crippen molar-refractivity contribution in [3.63, 3.8) is 0 Å². The van der Waals surface area contributed by atoms with E-state index < -0.39 is 0 Å². The minimum Gasteiger partial charge on any atom is -0.379 e. The van der Waals surface area contributed by atoms with Gasteiger partial charge >= 0.3 is 0 Å². The van der Waals surface area contributed by atoms with Gasteiger partial charge in [0.2, 0.25) is 5.91 Å². The summed E-state index contributed by atoms with van der Waals surface area (Å²) in [6, 6.07) is 3.92. The van der Waals surface area contributed by atoms with Gasteiger partial charge in [-0.3, -0.25) is 19.4 Å². The molecule has 1 saturated heterocycles. The van der Waals surface area contributed by atoms with E-state index >= 15 is 0 Å². The summed E-state index contributed by atoms with van der Waals surface area (Å²) in [5, 5.41) is 7.42. The molecule has 2 aromatic rings. The molecule has 132 valence electrons. The standard InChI is InChI=1S/C18H23N5O2/c24-17(18(4-1-5-18)22-8-10-25-11-9-22)21-16-12-20-23(14-16)13-15-2-6-19-7-3-15/h2-3,6-7,12,14H,1,4-5,8-11,13H2,(H,21,24). The lowest BCUT2D eigenvalue weighted by Gasteiger charge is -2.49. The van der Waals surface area contributed by atoms with Crippen LogP contribution in [0.4, 0.5) is 5.69 Å². The van der Waals surface area contributed by atoms with Crippen molar-refractivity contribution in [1.82, 2.24) is 19.7 Å². The molecule has 0 aromatic carbocycles. The number of carbonyl (C=O) groups excluding carboxylic acids is 1. The van der Waals surface area contributed by atoms with Crippen molar-refractivity contribution >= 4 is 11.6 Å². The molecule has 7 nitrogen and oxygen atoms in total. The number of morpholine rings is 1. The molecule has 1 N–H and O–H groups in total. The van der Waals surface area contributed by atoms with Crippen molar-refractivity contribution < 1.29 is 9.53 Å². The molecule has 0 spiro atoms. The number of hydrogen-bond acceptors (Lipinski definition) is 5. The van der Waals surface area contributed by atoms with Gasteiger partial charge in [0.05, 0.1) is 31.6 Å². The Labute approximate surface area is 147 Å². The molecule has 3 heterocycles. The largest absolute Gasteiger partial charge is 0.379 e. The molecular formula is C18H23N5O2. The number of nitrogens with one attached hydrogen (secondary N) is 1. The number of anilines is 1. The summed E-state index contributed by atoms with van der Waals surface area (Å²) in [4.78, 5) is 19.3. The Morgan fingerprint density at radius 1 is 1.24 bits per heavy atom. The molecule has 1 saturated carbocycles. The van der Waals surface area contributed by atoms with E-state index in [0.29, 0.717) is 19.8 Å². The van der Waals surface area contributed by atoms with Crippen molar-refractivity contribution in [2.75, 3.05) is 31.6 Å². The molecule has 2 aliphatic rings. The number of carbonyl (C=O) groups is 1. The zero-order valence-electron chi connectivity index (χ0n) is 14.2. The van der Waals surface area contributed by atoms with Crippen molar-refractivity contribution in [2.24, 2.45) is 0 Å². The van der Waals surface area contributed by atoms with Crippen molar-refractivity contribution in [3.8, 4) is 0 Å². The molecule has 4 rings (SSSR count). The molecule has 25 heavy (non-hydrogen) atoms. The van der Waals surface area contributed by atoms with E-state index in [1.807, 2.05) is 23.0 Å². The molecular weight excluding hydrogens is 318 g/mol. The van der Waals surface area contributed by atoms with E-state index in [2.05, 4.69) is 20.3 Å². The summed E-state index contributed by atoms with van der Waals surface area (Å²) in [6.45, 7) is 3.73. The average Bonchev–Trinajstić information content (AvgIpc) is 3.02. The maximum absolute atomic E-state index is 12.9. The number of amides is 1. The summed E-state index contributed by atoms with van der Waals surface area (Å²) in [5.74, 6) is 0.0871. The zero-order valence-corrected chi connectivity index (χ0v) is 14.2. The van der Waals surface area contributed by atoms with Crippen LogP contribution in [0.5, 0.6) is 0 Å². The number of nitrogens with zero attached hydrogens (tertiary/aromatic N) is 4. The van der Waals surface area contributed by atoms with Gasteiger partial charge in [0, 0.05) is 31.7 Å². The molecule has 2 fully saturated rings. The summed E-state index contributed by atoms with van der Waals surface area (Å²) in [7, 11) is 0. The van der Waals surface area contributed by atoms with Gasteiger partial charge in [0.25, 0.3) is 0 Å². The van der Waals surface area contributed by atoms with Crippen LogP contribution in [0.25, 0.3) is 0 Å². The molecule has 2 aromatic heterocycles. The van der Waals surface area contributed by atoms with Gasteiger partial charge in [0.15, 0.2) is 0 Å². The number of aromatic nitrogens is 3. The fourth-order valence-electron chi connectivity index (χ4n) is 3.63. The Balaban J connectivity index is 1.42. The Morgan fingerprint density at radius 2 is 2.00 bits per heavy atom. The van der Waals surface area contributed by atoms with Crippen LogP contribution in [-0.4, -0.2) is 57.4 Å². The number of hydrogen-bond donors (Lipinski definition) is 1. The van der Waals surface area contributed by atoms with Crippen molar-refractivity contribution in [2.45, 2.75) is 31.3 Å². The first-order valence-corrected chi connectivity index (χ1v) is 8.82. The third-order valence-electron chi connectivity index (χ3n) is 5.20. The van der Waals surface area contributed by atoms with Crippen LogP contribution in [-0.2, 0) is 16.1 Å². The fraction of sp³-hybridized carbons (Fsp3) is 0.500. The highest BCUT2D eigenvalue weighted by molar-refractivity contribution is 5.98. The van der Waals surface area contributed by atoms with Gasteiger partial charge < -0.3 is 10.1 Å². The summed E-state index contributed by atoms with van der Waals surface area (Å²) in [5.41, 5.74) is 1.51. The Bertz CT molecular complexity index is 720. The zero-order chi connectivity index (χ0) is 17.1. The van der Waals surface area contributed by atoms with E-state index in [1.54, 1.807) is 18.6 Å². The molecule has 0 bridgehead atoms. The van der Waals surface area contributed by atoms with Gasteiger partial charge in [-0.1, -0.05) is 0 Å². The van der Waals surface area contributed by atoms with Crippen LogP contribution in [0.3, 0.4) is 0 Å². The van der Waals surface area contributed by atoms with E-state index in [4.69, 9.17) is 4.74 Å². The molecule has 7 heteroatoms. The van der Waals surface area contributed by atoms with E-state index in [1.165, 1.54) is 0 Å². The van der Waals surface area contributed by atoms with Crippen molar-refractivity contribution in [3.05, 3.63) is 42.5 Å². The van der Waals surface area contributed by atoms with Crippen LogP contribution in [0.15, 0.2) is 36.9 Å². The monoisotopic (exact) mass is 341 g/mol. The van der Waals surface area contributed by atoms with Crippen LogP contribution in [0.2, 0.25) is 0 Å². The second-order valence-corrected chi connectivity index (χ2v) is 6.72. The number of pyridine rings is 1. The van der Waals surface area contributed by atoms with E-state index in [0.717, 1.165) is 43.6 Å². The van der Waals surface area contributed by atoms with Gasteiger partial charge in [-0.05, 0) is 37.0 Å². The summed E-state index contributed by atoms with van der Waals surface area (Å²) < 4.78 is 7.26. The van der Waals surface area contributed by atoms with Gasteiger partial charge in [-0.25, -0.2) is 0 Å². The quantitative estimate of drug-likeness (QED) is 0.893. The van der Waals surface area contributed by atoms with E-state index in [-0.39, 0.29) is 11.4 Å². The predicted molar refractivity (Wildman–Crippen MR) is 93.2 cm³/mol. The summed E-state index contributed by atoms with van der Waals surface area (Å²) in [6.07, 6.45) is 10.1. The molecule has 0 radical (unpaired) electrons. The molecule has 1 aliphatic heterocycles. The first-order valence-electron chi connectivity index (χ1n) is 8.82. The minimum atomic E-state index is -0.364. The number of ether oxygens (including phenoxy) is 1. The van der Waals surface area contributed by atoms with E-state index in [9.17, 15) is 4.79 Å². The highest BCUT2D eigenvalue weighted by atomic mass is 16.5. The normalized spacial score (nSPS) is 20.0. The summed E-state index contributed by atoms with van der Waals surface area (Å²) >= 11 is 0. The number of rotatable bonds is 5. The smallest absolute Gasteiger partial charge is 0.244 e. The highest BCUT2D eigenvalue weighted by Crippen LogP contribution is 2.39. The third-order valence-corrected chi connectivity index (χ3v) is 5.20. The van der Waals surface area contributed by atoms with Crippen LogP contribution in [0, 0.1) is 0 Å². The fourth-order valence-corrected chi connectivity index (χ4v) is 3.63. The highest BCUT2D eigenvalue weighted by Gasteiger charge is 2.49. The molecule has 0 atom stereocenters. The topological polar surface area (TPSA) is 72.3 Å². The maximum Gasteiger partial charge on any atom is 0.244 e. The Morgan fingerprint density at radius 3 is 2.68 bits per heavy atom. The third kappa shape index (κ3) is 3.29. The van der Waals surface area contributed by atoms with Crippen molar-refractivity contribution in [1.29, 1.82) is 0 Å². The lowest BCUT2D eigenvalue weighted by molar-refractivity contribution is -0.139. The predicted octanol–water partition coefficient (Wildman–Crippen LogP) is 1.52. The SMILES string of the molecule is O=C(Nc1cnn(Cc2ccncc2)c1)C1(N2CCOCC2)CCC1. The van der Waals surface area contributed by atoms with Gasteiger partial charge in [-0.15, -0.1) is 0 Å².